The Balaban J connectivity index is 1.59. The van der Waals surface area contributed by atoms with Gasteiger partial charge in [-0.3, -0.25) is 4.79 Å². The van der Waals surface area contributed by atoms with Crippen LogP contribution in [0.4, 0.5) is 5.69 Å². The first kappa shape index (κ1) is 17.1. The van der Waals surface area contributed by atoms with Crippen LogP contribution in [0, 0.1) is 0 Å². The number of amides is 1. The molecule has 27 heavy (non-hydrogen) atoms. The van der Waals surface area contributed by atoms with Crippen LogP contribution in [-0.2, 0) is 0 Å². The highest BCUT2D eigenvalue weighted by Gasteiger charge is 2.17. The average Bonchev–Trinajstić information content (AvgIpc) is 3.34. The van der Waals surface area contributed by atoms with E-state index in [2.05, 4.69) is 10.3 Å². The topological polar surface area (TPSA) is 73.6 Å². The van der Waals surface area contributed by atoms with Gasteiger partial charge in [0.15, 0.2) is 16.5 Å². The van der Waals surface area contributed by atoms with E-state index in [0.29, 0.717) is 22.9 Å². The van der Waals surface area contributed by atoms with Gasteiger partial charge in [0.05, 0.1) is 30.1 Å². The van der Waals surface area contributed by atoms with Crippen molar-refractivity contribution in [2.75, 3.05) is 19.5 Å². The number of nitrogens with one attached hydrogen (secondary N) is 1. The van der Waals surface area contributed by atoms with Crippen LogP contribution in [0.1, 0.15) is 10.6 Å². The predicted molar refractivity (Wildman–Crippen MR) is 105 cm³/mol. The van der Waals surface area contributed by atoms with Crippen molar-refractivity contribution in [3.63, 3.8) is 0 Å². The summed E-state index contributed by atoms with van der Waals surface area (Å²) in [7, 11) is 3.10. The molecule has 2 aromatic heterocycles. The Morgan fingerprint density at radius 2 is 1.93 bits per heavy atom. The summed E-state index contributed by atoms with van der Waals surface area (Å²) in [4.78, 5) is 17.1. The first-order valence-electron chi connectivity index (χ1n) is 8.17. The van der Waals surface area contributed by atoms with E-state index in [1.54, 1.807) is 37.4 Å². The Hall–Kier alpha value is -3.32. The lowest BCUT2D eigenvalue weighted by Gasteiger charge is -2.10. The number of anilines is 1. The molecule has 4 aromatic rings. The van der Waals surface area contributed by atoms with Crippen LogP contribution in [0.5, 0.6) is 11.5 Å². The van der Waals surface area contributed by atoms with Crippen LogP contribution in [0.15, 0.2) is 59.0 Å². The van der Waals surface area contributed by atoms with Gasteiger partial charge in [0.1, 0.15) is 11.5 Å². The molecule has 0 unspecified atom stereocenters. The SMILES string of the molecule is COc1ccc(OC)c(NC(=O)c2ccc(-c3nc4ccccc4s3)o2)c1. The van der Waals surface area contributed by atoms with Gasteiger partial charge < -0.3 is 19.2 Å². The summed E-state index contributed by atoms with van der Waals surface area (Å²) in [6, 6.07) is 16.4. The Morgan fingerprint density at radius 1 is 1.07 bits per heavy atom. The van der Waals surface area contributed by atoms with Crippen LogP contribution in [0.2, 0.25) is 0 Å². The zero-order chi connectivity index (χ0) is 18.8. The molecule has 0 atom stereocenters. The molecule has 0 aliphatic heterocycles. The molecule has 0 aliphatic carbocycles. The van der Waals surface area contributed by atoms with E-state index in [1.165, 1.54) is 18.4 Å². The number of methoxy groups -OCH3 is 2. The monoisotopic (exact) mass is 380 g/mol. The largest absolute Gasteiger partial charge is 0.497 e. The minimum atomic E-state index is -0.381. The molecule has 0 aliphatic rings. The fraction of sp³-hybridized carbons (Fsp3) is 0.100. The molecule has 0 saturated heterocycles. The molecule has 7 heteroatoms. The predicted octanol–water partition coefficient (Wildman–Crippen LogP) is 4.83. The van der Waals surface area contributed by atoms with E-state index in [1.807, 2.05) is 24.3 Å². The minimum Gasteiger partial charge on any atom is -0.497 e. The zero-order valence-electron chi connectivity index (χ0n) is 14.7. The smallest absolute Gasteiger partial charge is 0.291 e. The van der Waals surface area contributed by atoms with Gasteiger partial charge in [0.25, 0.3) is 5.91 Å². The third-order valence-electron chi connectivity index (χ3n) is 3.99. The summed E-state index contributed by atoms with van der Waals surface area (Å²) in [5.74, 6) is 1.50. The number of thiazole rings is 1. The van der Waals surface area contributed by atoms with Crippen molar-refractivity contribution in [3.8, 4) is 22.3 Å². The highest BCUT2D eigenvalue weighted by atomic mass is 32.1. The van der Waals surface area contributed by atoms with Crippen molar-refractivity contribution in [3.05, 3.63) is 60.4 Å². The maximum Gasteiger partial charge on any atom is 0.291 e. The molecular weight excluding hydrogens is 364 g/mol. The summed E-state index contributed by atoms with van der Waals surface area (Å²) in [6.45, 7) is 0. The molecule has 2 heterocycles. The average molecular weight is 380 g/mol. The van der Waals surface area contributed by atoms with Crippen LogP contribution in [0.25, 0.3) is 21.0 Å². The van der Waals surface area contributed by atoms with Crippen LogP contribution < -0.4 is 14.8 Å². The number of aromatic nitrogens is 1. The number of nitrogens with zero attached hydrogens (tertiary/aromatic N) is 1. The van der Waals surface area contributed by atoms with Crippen LogP contribution in [0.3, 0.4) is 0 Å². The Morgan fingerprint density at radius 3 is 2.70 bits per heavy atom. The summed E-state index contributed by atoms with van der Waals surface area (Å²) < 4.78 is 17.3. The number of carbonyl (C=O) groups excluding carboxylic acids is 1. The Bertz CT molecular complexity index is 1080. The van der Waals surface area contributed by atoms with Crippen molar-refractivity contribution in [1.29, 1.82) is 0 Å². The minimum absolute atomic E-state index is 0.189. The van der Waals surface area contributed by atoms with Gasteiger partial charge in [0, 0.05) is 6.07 Å². The molecule has 2 aromatic carbocycles. The number of ether oxygens (including phenoxy) is 2. The van der Waals surface area contributed by atoms with Gasteiger partial charge >= 0.3 is 0 Å². The highest BCUT2D eigenvalue weighted by Crippen LogP contribution is 2.32. The quantitative estimate of drug-likeness (QED) is 0.537. The maximum atomic E-state index is 12.6. The second kappa shape index (κ2) is 7.13. The summed E-state index contributed by atoms with van der Waals surface area (Å²) in [6.07, 6.45) is 0. The second-order valence-electron chi connectivity index (χ2n) is 5.67. The highest BCUT2D eigenvalue weighted by molar-refractivity contribution is 7.21. The standard InChI is InChI=1S/C20H16N2O4S/c1-24-12-7-8-15(25-2)14(11-12)21-19(23)16-9-10-17(26-16)20-22-13-5-3-4-6-18(13)27-20/h3-11H,1-2H3,(H,21,23). The van der Waals surface area contributed by atoms with E-state index in [-0.39, 0.29) is 11.7 Å². The van der Waals surface area contributed by atoms with Gasteiger partial charge in [-0.2, -0.15) is 0 Å². The summed E-state index contributed by atoms with van der Waals surface area (Å²) in [5, 5.41) is 3.52. The van der Waals surface area contributed by atoms with Gasteiger partial charge in [-0.1, -0.05) is 12.1 Å². The lowest BCUT2D eigenvalue weighted by Crippen LogP contribution is -2.11. The molecule has 1 N–H and O–H groups in total. The molecule has 136 valence electrons. The Kier molecular flexibility index (Phi) is 4.52. The third kappa shape index (κ3) is 3.37. The van der Waals surface area contributed by atoms with Crippen LogP contribution >= 0.6 is 11.3 Å². The van der Waals surface area contributed by atoms with E-state index in [0.717, 1.165) is 15.2 Å². The fourth-order valence-electron chi connectivity index (χ4n) is 2.65. The molecule has 4 rings (SSSR count). The zero-order valence-corrected chi connectivity index (χ0v) is 15.5. The van der Waals surface area contributed by atoms with Gasteiger partial charge in [-0.25, -0.2) is 4.98 Å². The number of benzene rings is 2. The van der Waals surface area contributed by atoms with Gasteiger partial charge in [-0.15, -0.1) is 11.3 Å². The molecule has 1 amide bonds. The summed E-state index contributed by atoms with van der Waals surface area (Å²) in [5.41, 5.74) is 1.40. The normalized spacial score (nSPS) is 10.7. The van der Waals surface area contributed by atoms with Crippen molar-refractivity contribution in [2.45, 2.75) is 0 Å². The number of hydrogen-bond acceptors (Lipinski definition) is 6. The van der Waals surface area contributed by atoms with E-state index in [9.17, 15) is 4.79 Å². The van der Waals surface area contributed by atoms with E-state index in [4.69, 9.17) is 13.9 Å². The van der Waals surface area contributed by atoms with Gasteiger partial charge in [0.2, 0.25) is 0 Å². The lowest BCUT2D eigenvalue weighted by atomic mass is 10.2. The van der Waals surface area contributed by atoms with Crippen molar-refractivity contribution >= 4 is 33.1 Å². The number of furan rings is 1. The number of hydrogen-bond donors (Lipinski definition) is 1. The number of rotatable bonds is 5. The van der Waals surface area contributed by atoms with Crippen molar-refractivity contribution in [1.82, 2.24) is 4.98 Å². The first-order chi connectivity index (χ1) is 13.2. The second-order valence-corrected chi connectivity index (χ2v) is 6.70. The number of para-hydroxylation sites is 1. The molecule has 0 radical (unpaired) electrons. The number of carbonyl (C=O) groups is 1. The molecule has 0 spiro atoms. The van der Waals surface area contributed by atoms with E-state index < -0.39 is 0 Å². The molecule has 0 saturated carbocycles. The first-order valence-corrected chi connectivity index (χ1v) is 8.99. The van der Waals surface area contributed by atoms with Gasteiger partial charge in [-0.05, 0) is 36.4 Å². The maximum absolute atomic E-state index is 12.6. The van der Waals surface area contributed by atoms with Crippen molar-refractivity contribution < 1.29 is 18.7 Å². The summed E-state index contributed by atoms with van der Waals surface area (Å²) >= 11 is 1.52. The van der Waals surface area contributed by atoms with Crippen LogP contribution in [-0.4, -0.2) is 25.1 Å². The lowest BCUT2D eigenvalue weighted by molar-refractivity contribution is 0.0997. The number of fused-ring (bicyclic) bond motifs is 1. The third-order valence-corrected chi connectivity index (χ3v) is 5.04. The Labute approximate surface area is 159 Å². The van der Waals surface area contributed by atoms with E-state index >= 15 is 0 Å². The molecule has 0 fully saturated rings. The molecular formula is C20H16N2O4S. The molecule has 6 nitrogen and oxygen atoms in total. The van der Waals surface area contributed by atoms with Crippen molar-refractivity contribution in [2.24, 2.45) is 0 Å². The molecule has 0 bridgehead atoms. The fourth-order valence-corrected chi connectivity index (χ4v) is 3.58.